The van der Waals surface area contributed by atoms with Crippen molar-refractivity contribution in [3.63, 3.8) is 0 Å². The summed E-state index contributed by atoms with van der Waals surface area (Å²) < 4.78 is 0. The molecule has 68 valence electrons. The second-order valence-electron chi connectivity index (χ2n) is 3.12. The summed E-state index contributed by atoms with van der Waals surface area (Å²) in [6.07, 6.45) is 3.15. The number of hydrogen-bond acceptors (Lipinski definition) is 0. The SMILES string of the molecule is C[C-]=C(C)/C(C)=C(/C)[C-](C)C.[W+2]. The first-order valence-electron chi connectivity index (χ1n) is 4.00. The molecule has 0 amide bonds. The maximum absolute atomic E-state index is 3.15. The molecule has 0 radical (unpaired) electrons. The average molecular weight is 334 g/mol. The van der Waals surface area contributed by atoms with Gasteiger partial charge in [0.15, 0.2) is 0 Å². The molecule has 0 fully saturated rings. The van der Waals surface area contributed by atoms with E-state index in [-0.39, 0.29) is 21.1 Å². The van der Waals surface area contributed by atoms with Gasteiger partial charge in [-0.05, 0) is 0 Å². The maximum Gasteiger partial charge on any atom is 2.00 e. The van der Waals surface area contributed by atoms with Crippen molar-refractivity contribution in [2.24, 2.45) is 0 Å². The molecule has 0 N–H and O–H groups in total. The van der Waals surface area contributed by atoms with E-state index in [0.717, 1.165) is 0 Å². The van der Waals surface area contributed by atoms with Gasteiger partial charge in [0.25, 0.3) is 0 Å². The van der Waals surface area contributed by atoms with Crippen molar-refractivity contribution in [2.75, 3.05) is 0 Å². The molecule has 0 nitrogen and oxygen atoms in total. The van der Waals surface area contributed by atoms with Crippen LogP contribution >= 0.6 is 0 Å². The van der Waals surface area contributed by atoms with Crippen molar-refractivity contribution in [3.05, 3.63) is 28.7 Å². The fraction of sp³-hybridized carbons (Fsp3) is 0.545. The Morgan fingerprint density at radius 1 is 1.08 bits per heavy atom. The standard InChI is InChI=1S/C11H18.W/c1-7-9(4)11(6)10(5)8(2)3;/h1-6H3;/q-2;+2/b11-10-;. The van der Waals surface area contributed by atoms with Crippen molar-refractivity contribution in [1.82, 2.24) is 0 Å². The summed E-state index contributed by atoms with van der Waals surface area (Å²) in [5, 5.41) is 0. The zero-order valence-corrected chi connectivity index (χ0v) is 11.8. The van der Waals surface area contributed by atoms with E-state index in [1.807, 2.05) is 6.92 Å². The first kappa shape index (κ1) is 14.6. The third kappa shape index (κ3) is 4.16. The number of rotatable bonds is 2. The van der Waals surface area contributed by atoms with E-state index < -0.39 is 0 Å². The fourth-order valence-electron chi connectivity index (χ4n) is 0.844. The van der Waals surface area contributed by atoms with E-state index in [0.29, 0.717) is 0 Å². The van der Waals surface area contributed by atoms with Crippen LogP contribution in [0, 0.1) is 12.0 Å². The molecule has 0 saturated heterocycles. The molecular weight excluding hydrogens is 316 g/mol. The van der Waals surface area contributed by atoms with E-state index >= 15 is 0 Å². The van der Waals surface area contributed by atoms with Crippen LogP contribution < -0.4 is 0 Å². The van der Waals surface area contributed by atoms with Gasteiger partial charge in [0.1, 0.15) is 0 Å². The van der Waals surface area contributed by atoms with Gasteiger partial charge in [-0.25, -0.2) is 22.6 Å². The minimum atomic E-state index is 0. The first-order chi connectivity index (χ1) is 5.00. The van der Waals surface area contributed by atoms with Crippen LogP contribution in [0.4, 0.5) is 0 Å². The molecular formula is C11H18W. The van der Waals surface area contributed by atoms with Crippen LogP contribution in [0.25, 0.3) is 0 Å². The summed E-state index contributed by atoms with van der Waals surface area (Å²) in [5.74, 6) is 1.39. The van der Waals surface area contributed by atoms with Gasteiger partial charge in [0, 0.05) is 0 Å². The van der Waals surface area contributed by atoms with E-state index in [2.05, 4.69) is 40.7 Å². The number of allylic oxidation sites excluding steroid dienone is 4. The minimum Gasteiger partial charge on any atom is -0.275 e. The van der Waals surface area contributed by atoms with Crippen molar-refractivity contribution >= 4 is 0 Å². The van der Waals surface area contributed by atoms with Crippen LogP contribution in [0.2, 0.25) is 0 Å². The molecule has 0 aromatic rings. The van der Waals surface area contributed by atoms with E-state index in [9.17, 15) is 0 Å². The summed E-state index contributed by atoms with van der Waals surface area (Å²) in [6, 6.07) is 0. The van der Waals surface area contributed by atoms with Gasteiger partial charge in [0.2, 0.25) is 0 Å². The molecule has 0 aliphatic carbocycles. The monoisotopic (exact) mass is 334 g/mol. The Balaban J connectivity index is 0. The normalized spacial score (nSPS) is 13.3. The third-order valence-electron chi connectivity index (χ3n) is 2.25. The van der Waals surface area contributed by atoms with Gasteiger partial charge >= 0.3 is 21.1 Å². The quantitative estimate of drug-likeness (QED) is 0.534. The fourth-order valence-corrected chi connectivity index (χ4v) is 0.844. The van der Waals surface area contributed by atoms with Gasteiger partial charge in [-0.15, -0.1) is 27.7 Å². The largest absolute Gasteiger partial charge is 2.00 e. The predicted octanol–water partition coefficient (Wildman–Crippen LogP) is 3.70. The molecule has 0 aliphatic heterocycles. The maximum atomic E-state index is 3.15. The van der Waals surface area contributed by atoms with Crippen LogP contribution in [0.1, 0.15) is 41.5 Å². The summed E-state index contributed by atoms with van der Waals surface area (Å²) in [5.41, 5.74) is 3.99. The van der Waals surface area contributed by atoms with E-state index in [1.54, 1.807) is 0 Å². The molecule has 0 aromatic heterocycles. The zero-order chi connectivity index (χ0) is 9.02. The van der Waals surface area contributed by atoms with Crippen LogP contribution in [-0.2, 0) is 21.1 Å². The van der Waals surface area contributed by atoms with Crippen LogP contribution in [0.15, 0.2) is 16.7 Å². The molecule has 0 spiro atoms. The molecule has 0 aromatic carbocycles. The summed E-state index contributed by atoms with van der Waals surface area (Å²) in [4.78, 5) is 0. The van der Waals surface area contributed by atoms with Gasteiger partial charge < -0.3 is 0 Å². The van der Waals surface area contributed by atoms with Crippen LogP contribution in [0.5, 0.6) is 0 Å². The Hall–Kier alpha value is 0.0383. The predicted molar refractivity (Wildman–Crippen MR) is 51.1 cm³/mol. The smallest absolute Gasteiger partial charge is 0.275 e. The summed E-state index contributed by atoms with van der Waals surface area (Å²) >= 11 is 0. The Morgan fingerprint density at radius 2 is 1.50 bits per heavy atom. The van der Waals surface area contributed by atoms with Crippen LogP contribution in [-0.4, -0.2) is 0 Å². The number of hydrogen-bond donors (Lipinski definition) is 0. The summed E-state index contributed by atoms with van der Waals surface area (Å²) in [7, 11) is 0. The first-order valence-corrected chi connectivity index (χ1v) is 4.00. The van der Waals surface area contributed by atoms with Crippen molar-refractivity contribution in [1.29, 1.82) is 0 Å². The second kappa shape index (κ2) is 6.54. The molecule has 0 heterocycles. The Morgan fingerprint density at radius 3 is 1.75 bits per heavy atom. The molecule has 0 atom stereocenters. The Labute approximate surface area is 91.4 Å². The van der Waals surface area contributed by atoms with Crippen molar-refractivity contribution < 1.29 is 21.1 Å². The topological polar surface area (TPSA) is 0 Å². The van der Waals surface area contributed by atoms with E-state index in [1.165, 1.54) is 22.6 Å². The zero-order valence-electron chi connectivity index (χ0n) is 8.91. The molecule has 0 aliphatic rings. The minimum absolute atomic E-state index is 0. The van der Waals surface area contributed by atoms with Crippen molar-refractivity contribution in [3.8, 4) is 0 Å². The van der Waals surface area contributed by atoms with Gasteiger partial charge in [-0.1, -0.05) is 13.8 Å². The molecule has 0 bridgehead atoms. The molecule has 1 heteroatoms. The molecule has 0 saturated carbocycles. The average Bonchev–Trinajstić information content (AvgIpc) is 2.00. The van der Waals surface area contributed by atoms with Crippen molar-refractivity contribution in [2.45, 2.75) is 41.5 Å². The van der Waals surface area contributed by atoms with Gasteiger partial charge in [0.05, 0.1) is 0 Å². The molecule has 12 heavy (non-hydrogen) atoms. The van der Waals surface area contributed by atoms with E-state index in [4.69, 9.17) is 0 Å². The van der Waals surface area contributed by atoms with Gasteiger partial charge in [-0.2, -0.15) is 0 Å². The van der Waals surface area contributed by atoms with Crippen LogP contribution in [0.3, 0.4) is 0 Å². The Kier molecular flexibility index (Phi) is 7.94. The van der Waals surface area contributed by atoms with Gasteiger partial charge in [-0.3, -0.25) is 6.08 Å². The molecule has 0 unspecified atom stereocenters. The second-order valence-corrected chi connectivity index (χ2v) is 3.12. The molecule has 0 rings (SSSR count). The Bertz CT molecular complexity index is 185. The summed E-state index contributed by atoms with van der Waals surface area (Å²) in [6.45, 7) is 12.6. The third-order valence-corrected chi connectivity index (χ3v) is 2.25.